The highest BCUT2D eigenvalue weighted by Crippen LogP contribution is 2.28. The molecule has 0 fully saturated rings. The Hall–Kier alpha value is -2.40. The molecule has 0 saturated carbocycles. The van der Waals surface area contributed by atoms with Gasteiger partial charge in [-0.25, -0.2) is 8.42 Å². The highest BCUT2D eigenvalue weighted by Gasteiger charge is 2.26. The van der Waals surface area contributed by atoms with Crippen LogP contribution in [0.15, 0.2) is 59.6 Å². The summed E-state index contributed by atoms with van der Waals surface area (Å²) in [5, 5.41) is 0.815. The first-order valence-corrected chi connectivity index (χ1v) is 9.33. The molecule has 0 unspecified atom stereocenters. The summed E-state index contributed by atoms with van der Waals surface area (Å²) in [5.74, 6) is 0. The Labute approximate surface area is 142 Å². The first kappa shape index (κ1) is 16.5. The Morgan fingerprint density at radius 3 is 2.46 bits per heavy atom. The van der Waals surface area contributed by atoms with E-state index in [-0.39, 0.29) is 4.90 Å². The Balaban J connectivity index is 2.18. The Morgan fingerprint density at radius 2 is 1.75 bits per heavy atom. The Kier molecular flexibility index (Phi) is 4.28. The largest absolute Gasteiger partial charge is 0.267 e. The molecular formula is C19H20N2O2S. The molecule has 1 heterocycles. The van der Waals surface area contributed by atoms with Crippen LogP contribution in [-0.4, -0.2) is 19.9 Å². The van der Waals surface area contributed by atoms with Crippen LogP contribution in [-0.2, 0) is 10.0 Å². The van der Waals surface area contributed by atoms with Gasteiger partial charge in [-0.05, 0) is 56.2 Å². The first-order valence-electron chi connectivity index (χ1n) is 7.89. The van der Waals surface area contributed by atoms with E-state index in [1.54, 1.807) is 24.4 Å². The lowest BCUT2D eigenvalue weighted by Crippen LogP contribution is -2.31. The third-order valence-corrected chi connectivity index (χ3v) is 6.16. The average molecular weight is 340 g/mol. The van der Waals surface area contributed by atoms with Crippen molar-refractivity contribution in [3.63, 3.8) is 0 Å². The van der Waals surface area contributed by atoms with Crippen molar-refractivity contribution in [2.24, 2.45) is 0 Å². The number of aromatic nitrogens is 1. The summed E-state index contributed by atoms with van der Waals surface area (Å²) in [5.41, 5.74) is 3.38. The molecule has 0 bridgehead atoms. The number of benzene rings is 2. The summed E-state index contributed by atoms with van der Waals surface area (Å²) >= 11 is 0. The van der Waals surface area contributed by atoms with Crippen LogP contribution < -0.4 is 4.31 Å². The lowest BCUT2D eigenvalue weighted by Gasteiger charge is -2.24. The summed E-state index contributed by atoms with van der Waals surface area (Å²) in [4.78, 5) is 4.52. The van der Waals surface area contributed by atoms with E-state index in [0.717, 1.165) is 16.5 Å². The minimum absolute atomic E-state index is 0.237. The van der Waals surface area contributed by atoms with Crippen LogP contribution in [0.2, 0.25) is 0 Å². The average Bonchev–Trinajstić information content (AvgIpc) is 2.58. The molecule has 24 heavy (non-hydrogen) atoms. The predicted octanol–water partition coefficient (Wildman–Crippen LogP) is 4.07. The highest BCUT2D eigenvalue weighted by molar-refractivity contribution is 7.93. The molecule has 0 saturated heterocycles. The van der Waals surface area contributed by atoms with Crippen LogP contribution in [0, 0.1) is 13.8 Å². The van der Waals surface area contributed by atoms with E-state index in [2.05, 4.69) is 4.98 Å². The van der Waals surface area contributed by atoms with Gasteiger partial charge in [0.15, 0.2) is 0 Å². The molecule has 3 rings (SSSR count). The molecular weight excluding hydrogens is 320 g/mol. The maximum atomic E-state index is 13.3. The number of sulfonamides is 1. The first-order chi connectivity index (χ1) is 11.4. The van der Waals surface area contributed by atoms with Crippen LogP contribution in [0.5, 0.6) is 0 Å². The SMILES string of the molecule is CCN(c1ccc(C)c(C)c1)S(=O)(=O)c1cccc2cccnc12. The highest BCUT2D eigenvalue weighted by atomic mass is 32.2. The number of rotatable bonds is 4. The molecule has 0 aliphatic heterocycles. The second-order valence-electron chi connectivity index (χ2n) is 5.77. The molecule has 0 aliphatic rings. The van der Waals surface area contributed by atoms with Gasteiger partial charge in [0.05, 0.1) is 11.2 Å². The third kappa shape index (κ3) is 2.76. The molecule has 2 aromatic carbocycles. The van der Waals surface area contributed by atoms with Gasteiger partial charge in [-0.3, -0.25) is 9.29 Å². The van der Waals surface area contributed by atoms with E-state index in [1.807, 2.05) is 51.1 Å². The van der Waals surface area contributed by atoms with Crippen LogP contribution in [0.25, 0.3) is 10.9 Å². The third-order valence-electron chi connectivity index (χ3n) is 4.23. The molecule has 1 aromatic heterocycles. The van der Waals surface area contributed by atoms with Crippen molar-refractivity contribution in [1.82, 2.24) is 4.98 Å². The summed E-state index contributed by atoms with van der Waals surface area (Å²) < 4.78 is 28.0. The van der Waals surface area contributed by atoms with Gasteiger partial charge < -0.3 is 0 Å². The molecule has 0 N–H and O–H groups in total. The normalized spacial score (nSPS) is 11.6. The number of anilines is 1. The second kappa shape index (κ2) is 6.24. The van der Waals surface area contributed by atoms with Crippen molar-refractivity contribution in [3.05, 3.63) is 65.9 Å². The van der Waals surface area contributed by atoms with Gasteiger partial charge in [-0.2, -0.15) is 0 Å². The number of aryl methyl sites for hydroxylation is 2. The van der Waals surface area contributed by atoms with Gasteiger partial charge >= 0.3 is 0 Å². The fourth-order valence-electron chi connectivity index (χ4n) is 2.78. The van der Waals surface area contributed by atoms with Gasteiger partial charge in [-0.15, -0.1) is 0 Å². The van der Waals surface area contributed by atoms with Crippen LogP contribution in [0.1, 0.15) is 18.1 Å². The molecule has 4 nitrogen and oxygen atoms in total. The summed E-state index contributed by atoms with van der Waals surface area (Å²) in [6, 6.07) is 14.6. The molecule has 0 spiro atoms. The number of fused-ring (bicyclic) bond motifs is 1. The van der Waals surface area contributed by atoms with E-state index >= 15 is 0 Å². The fourth-order valence-corrected chi connectivity index (χ4v) is 4.41. The molecule has 5 heteroatoms. The zero-order valence-corrected chi connectivity index (χ0v) is 14.8. The summed E-state index contributed by atoms with van der Waals surface area (Å²) in [7, 11) is -3.69. The molecule has 0 radical (unpaired) electrons. The zero-order chi connectivity index (χ0) is 17.3. The van der Waals surface area contributed by atoms with Crippen molar-refractivity contribution in [3.8, 4) is 0 Å². The zero-order valence-electron chi connectivity index (χ0n) is 14.0. The van der Waals surface area contributed by atoms with Crippen molar-refractivity contribution in [1.29, 1.82) is 0 Å². The van der Waals surface area contributed by atoms with Gasteiger partial charge in [0.25, 0.3) is 10.0 Å². The quantitative estimate of drug-likeness (QED) is 0.719. The second-order valence-corrected chi connectivity index (χ2v) is 7.60. The molecule has 0 aliphatic carbocycles. The lowest BCUT2D eigenvalue weighted by molar-refractivity contribution is 0.592. The standard InChI is InChI=1S/C19H20N2O2S/c1-4-21(17-11-10-14(2)15(3)13-17)24(22,23)18-9-5-7-16-8-6-12-20-19(16)18/h5-13H,4H2,1-3H3. The predicted molar refractivity (Wildman–Crippen MR) is 97.9 cm³/mol. The smallest absolute Gasteiger partial charge is 0.266 e. The molecule has 0 atom stereocenters. The monoisotopic (exact) mass is 340 g/mol. The minimum Gasteiger partial charge on any atom is -0.267 e. The summed E-state index contributed by atoms with van der Waals surface area (Å²) in [6.07, 6.45) is 1.62. The van der Waals surface area contributed by atoms with Crippen LogP contribution in [0.4, 0.5) is 5.69 Å². The van der Waals surface area contributed by atoms with Gasteiger partial charge in [0, 0.05) is 18.1 Å². The van der Waals surface area contributed by atoms with Crippen molar-refractivity contribution >= 4 is 26.6 Å². The number of pyridine rings is 1. The topological polar surface area (TPSA) is 50.3 Å². The lowest BCUT2D eigenvalue weighted by atomic mass is 10.1. The molecule has 124 valence electrons. The summed E-state index contributed by atoms with van der Waals surface area (Å²) in [6.45, 7) is 6.19. The number of hydrogen-bond donors (Lipinski definition) is 0. The van der Waals surface area contributed by atoms with E-state index < -0.39 is 10.0 Å². The van der Waals surface area contributed by atoms with E-state index in [4.69, 9.17) is 0 Å². The number of hydrogen-bond acceptors (Lipinski definition) is 3. The minimum atomic E-state index is -3.69. The fraction of sp³-hybridized carbons (Fsp3) is 0.211. The maximum absolute atomic E-state index is 13.3. The van der Waals surface area contributed by atoms with E-state index in [9.17, 15) is 8.42 Å². The maximum Gasteiger partial charge on any atom is 0.266 e. The van der Waals surface area contributed by atoms with Crippen molar-refractivity contribution in [2.75, 3.05) is 10.8 Å². The van der Waals surface area contributed by atoms with Gasteiger partial charge in [0.2, 0.25) is 0 Å². The van der Waals surface area contributed by atoms with Gasteiger partial charge in [0.1, 0.15) is 4.90 Å². The van der Waals surface area contributed by atoms with Crippen LogP contribution in [0.3, 0.4) is 0 Å². The van der Waals surface area contributed by atoms with Crippen molar-refractivity contribution < 1.29 is 8.42 Å². The Morgan fingerprint density at radius 1 is 1.00 bits per heavy atom. The molecule has 3 aromatic rings. The van der Waals surface area contributed by atoms with Crippen LogP contribution >= 0.6 is 0 Å². The molecule has 0 amide bonds. The van der Waals surface area contributed by atoms with E-state index in [0.29, 0.717) is 17.7 Å². The Bertz CT molecular complexity index is 992. The van der Waals surface area contributed by atoms with Crippen molar-refractivity contribution in [2.45, 2.75) is 25.7 Å². The van der Waals surface area contributed by atoms with Gasteiger partial charge in [-0.1, -0.05) is 24.3 Å². The van der Waals surface area contributed by atoms with E-state index in [1.165, 1.54) is 4.31 Å². The number of nitrogens with zero attached hydrogens (tertiary/aromatic N) is 2. The number of para-hydroxylation sites is 1.